The van der Waals surface area contributed by atoms with Crippen LogP contribution < -0.4 is 24.6 Å². The Morgan fingerprint density at radius 1 is 0.667 bits per heavy atom. The van der Waals surface area contributed by atoms with Crippen LogP contribution in [0.5, 0.6) is 0 Å². The van der Waals surface area contributed by atoms with Gasteiger partial charge < -0.3 is 15.1 Å². The number of aromatic nitrogens is 4. The quantitative estimate of drug-likeness (QED) is 0.153. The Labute approximate surface area is 312 Å². The summed E-state index contributed by atoms with van der Waals surface area (Å²) in [6.07, 6.45) is -1.04. The van der Waals surface area contributed by atoms with Gasteiger partial charge in [-0.05, 0) is 101 Å². The molecule has 0 aliphatic heterocycles. The number of likely N-dealkylation sites (N-methyl/N-ethyl adjacent to an activating group) is 2. The minimum atomic E-state index is -4.98. The van der Waals surface area contributed by atoms with Crippen LogP contribution in [0.4, 0.5) is 33.7 Å². The number of nitrogens with zero attached hydrogens (tertiary/aromatic N) is 6. The van der Waals surface area contributed by atoms with Gasteiger partial charge in [0.05, 0.1) is 9.40 Å². The Balaban J connectivity index is 1.24. The molecule has 0 radical (unpaired) electrons. The van der Waals surface area contributed by atoms with Crippen molar-refractivity contribution in [1.29, 1.82) is 0 Å². The van der Waals surface area contributed by atoms with Crippen molar-refractivity contribution >= 4 is 82.9 Å². The van der Waals surface area contributed by atoms with Crippen molar-refractivity contribution in [3.8, 4) is 0 Å². The molecule has 2 atom stereocenters. The van der Waals surface area contributed by atoms with Gasteiger partial charge in [0.25, 0.3) is 0 Å². The number of hydrogen-bond acceptors (Lipinski definition) is 11. The average molecular weight is 802 g/mol. The van der Waals surface area contributed by atoms with E-state index in [4.69, 9.17) is 0 Å². The molecule has 0 spiro atoms. The lowest BCUT2D eigenvalue weighted by Crippen LogP contribution is -2.57. The normalized spacial score (nSPS) is 12.7. The second-order valence-corrected chi connectivity index (χ2v) is 14.9. The number of fused-ring (bicyclic) bond motifs is 2. The van der Waals surface area contributed by atoms with Gasteiger partial charge in [-0.2, -0.15) is 13.1 Å². The summed E-state index contributed by atoms with van der Waals surface area (Å²) >= 11 is 2.24. The third-order valence-electron chi connectivity index (χ3n) is 8.05. The first kappa shape index (κ1) is 38.1. The lowest BCUT2D eigenvalue weighted by Gasteiger charge is -2.26. The second-order valence-electron chi connectivity index (χ2n) is 11.9. The zero-order chi connectivity index (χ0) is 38.7. The van der Waals surface area contributed by atoms with Crippen molar-refractivity contribution in [2.45, 2.75) is 24.9 Å². The molecule has 4 amide bonds. The molecule has 0 unspecified atom stereocenters. The van der Waals surface area contributed by atoms with Gasteiger partial charge in [0.2, 0.25) is 11.8 Å². The van der Waals surface area contributed by atoms with Crippen LogP contribution in [0.1, 0.15) is 11.1 Å². The highest BCUT2D eigenvalue weighted by Crippen LogP contribution is 2.25. The smallest absolute Gasteiger partial charge is 0.325 e. The summed E-state index contributed by atoms with van der Waals surface area (Å²) in [7, 11) is -2.28. The number of carbonyl (C=O) groups excluding carboxylic acids is 3. The molecule has 0 aliphatic carbocycles. The van der Waals surface area contributed by atoms with E-state index in [1.54, 1.807) is 35.1 Å². The van der Waals surface area contributed by atoms with E-state index in [9.17, 15) is 40.4 Å². The number of nitrogens with one attached hydrogen (secondary N) is 3. The fourth-order valence-electron chi connectivity index (χ4n) is 5.51. The van der Waals surface area contributed by atoms with E-state index in [1.165, 1.54) is 20.2 Å². The summed E-state index contributed by atoms with van der Waals surface area (Å²) in [6.45, 7) is 0. The number of rotatable bonds is 12. The van der Waals surface area contributed by atoms with E-state index in [0.717, 1.165) is 61.8 Å². The van der Waals surface area contributed by atoms with Gasteiger partial charge in [0.1, 0.15) is 46.4 Å². The van der Waals surface area contributed by atoms with Gasteiger partial charge in [-0.15, -0.1) is 10.2 Å². The molecule has 6 rings (SSSR count). The van der Waals surface area contributed by atoms with Crippen LogP contribution in [-0.4, -0.2) is 71.6 Å². The summed E-state index contributed by atoms with van der Waals surface area (Å²) in [5.74, 6) is -5.56. The number of hydrogen-bond donors (Lipinski definition) is 3. The van der Waals surface area contributed by atoms with Crippen molar-refractivity contribution in [1.82, 2.24) is 33.9 Å². The topological polar surface area (TPSA) is 179 Å². The van der Waals surface area contributed by atoms with Crippen molar-refractivity contribution in [2.75, 3.05) is 23.9 Å². The Kier molecular flexibility index (Phi) is 11.1. The van der Waals surface area contributed by atoms with Crippen LogP contribution in [0.3, 0.4) is 0 Å². The third kappa shape index (κ3) is 9.10. The fraction of sp³-hybridized carbons (Fsp3) is 0.182. The first-order chi connectivity index (χ1) is 25.6. The average Bonchev–Trinajstić information content (AvgIpc) is 3.77. The number of benzene rings is 4. The maximum atomic E-state index is 14.1. The lowest BCUT2D eigenvalue weighted by molar-refractivity contribution is -0.120. The van der Waals surface area contributed by atoms with E-state index < -0.39 is 76.2 Å². The van der Waals surface area contributed by atoms with E-state index in [2.05, 4.69) is 29.2 Å². The third-order valence-corrected chi connectivity index (χ3v) is 10.5. The van der Waals surface area contributed by atoms with Gasteiger partial charge in [-0.1, -0.05) is 8.98 Å². The molecule has 2 heterocycles. The summed E-state index contributed by atoms with van der Waals surface area (Å²) < 4.78 is 96.1. The Hall–Kier alpha value is -5.64. The molecule has 6 aromatic rings. The van der Waals surface area contributed by atoms with E-state index in [0.29, 0.717) is 33.6 Å². The maximum absolute atomic E-state index is 14.1. The molecule has 0 aliphatic rings. The van der Waals surface area contributed by atoms with Gasteiger partial charge in [-0.3, -0.25) is 9.59 Å². The number of amides is 4. The highest BCUT2D eigenvalue weighted by Gasteiger charge is 2.32. The molecule has 280 valence electrons. The highest BCUT2D eigenvalue weighted by atomic mass is 32.2. The standard InChI is InChI=1S/C33H27F4N9O5S3/c1-45(23-3-5-29-25(15-23)39-43-52-29)31(47)27(11-17-7-19(34)13-20(35)8-17)38-33(49)42-54(50,51)41-28(12-18-9-21(36)14-22(37)10-18)32(48)46(2)24-4-6-30-26(16-24)40-44-53-30/h3-10,13-16,27-28,41H,11-12H2,1-2H3,(H2,38,42,49)/t27-,28-/m0/s1. The van der Waals surface area contributed by atoms with Crippen LogP contribution in [0.25, 0.3) is 20.4 Å². The van der Waals surface area contributed by atoms with Crippen molar-refractivity contribution in [3.63, 3.8) is 0 Å². The SMILES string of the molecule is CN(C(=O)[C@H](Cc1cc(F)cc(F)c1)NC(=O)NS(=O)(=O)N[C@@H](Cc1cc(F)cc(F)c1)C(=O)N(C)c1ccc2snnc2c1)c1ccc2snnc2c1. The van der Waals surface area contributed by atoms with E-state index >= 15 is 0 Å². The largest absolute Gasteiger partial charge is 0.330 e. The number of urea groups is 1. The Morgan fingerprint density at radius 3 is 1.56 bits per heavy atom. The van der Waals surface area contributed by atoms with Gasteiger partial charge in [0.15, 0.2) is 0 Å². The summed E-state index contributed by atoms with van der Waals surface area (Å²) in [5, 5.41) is 10.2. The van der Waals surface area contributed by atoms with E-state index in [1.807, 2.05) is 0 Å². The minimum absolute atomic E-state index is 0.0395. The molecule has 2 aromatic heterocycles. The zero-order valence-electron chi connectivity index (χ0n) is 28.0. The second kappa shape index (κ2) is 15.8. The van der Waals surface area contributed by atoms with Crippen LogP contribution in [0.2, 0.25) is 0 Å². The molecule has 54 heavy (non-hydrogen) atoms. The molecule has 0 fully saturated rings. The number of carbonyl (C=O) groups is 3. The first-order valence-corrected chi connectivity index (χ1v) is 18.7. The number of anilines is 2. The molecule has 14 nitrogen and oxygen atoms in total. The molecule has 21 heteroatoms. The molecule has 0 saturated heterocycles. The van der Waals surface area contributed by atoms with Crippen LogP contribution in [0.15, 0.2) is 72.8 Å². The summed E-state index contributed by atoms with van der Waals surface area (Å²) in [5.41, 5.74) is 1.40. The first-order valence-electron chi connectivity index (χ1n) is 15.6. The minimum Gasteiger partial charge on any atom is -0.325 e. The molecule has 4 aromatic carbocycles. The summed E-state index contributed by atoms with van der Waals surface area (Å²) in [6, 6.07) is 9.67. The molecular weight excluding hydrogens is 775 g/mol. The lowest BCUT2D eigenvalue weighted by atomic mass is 10.0. The molecule has 0 bridgehead atoms. The van der Waals surface area contributed by atoms with Crippen molar-refractivity contribution in [3.05, 3.63) is 107 Å². The molecule has 3 N–H and O–H groups in total. The Bertz CT molecular complexity index is 2460. The predicted molar refractivity (Wildman–Crippen MR) is 193 cm³/mol. The summed E-state index contributed by atoms with van der Waals surface area (Å²) in [4.78, 5) is 43.0. The van der Waals surface area contributed by atoms with Crippen molar-refractivity contribution in [2.24, 2.45) is 0 Å². The van der Waals surface area contributed by atoms with Gasteiger partial charge in [0, 0.05) is 44.0 Å². The molecule has 0 saturated carbocycles. The van der Waals surface area contributed by atoms with Crippen LogP contribution in [-0.2, 0) is 32.6 Å². The van der Waals surface area contributed by atoms with E-state index in [-0.39, 0.29) is 16.8 Å². The van der Waals surface area contributed by atoms with Gasteiger partial charge in [-0.25, -0.2) is 27.1 Å². The monoisotopic (exact) mass is 801 g/mol. The van der Waals surface area contributed by atoms with Crippen LogP contribution >= 0.6 is 23.1 Å². The van der Waals surface area contributed by atoms with Gasteiger partial charge >= 0.3 is 16.2 Å². The van der Waals surface area contributed by atoms with Crippen LogP contribution in [0, 0.1) is 23.3 Å². The molecular formula is C33H27F4N9O5S3. The Morgan fingerprint density at radius 2 is 1.09 bits per heavy atom. The fourth-order valence-corrected chi connectivity index (χ4v) is 7.51. The zero-order valence-corrected chi connectivity index (χ0v) is 30.4. The van der Waals surface area contributed by atoms with Crippen molar-refractivity contribution < 1.29 is 40.4 Å². The number of halogens is 4. The maximum Gasteiger partial charge on any atom is 0.330 e. The predicted octanol–water partition coefficient (Wildman–Crippen LogP) is 4.23. The highest BCUT2D eigenvalue weighted by molar-refractivity contribution is 7.88.